The van der Waals surface area contributed by atoms with Crippen molar-refractivity contribution < 1.29 is 28.5 Å². The Morgan fingerprint density at radius 2 is 1.67 bits per heavy atom. The Hall–Kier alpha value is -3.91. The van der Waals surface area contributed by atoms with E-state index >= 15 is 0 Å². The minimum Gasteiger partial charge on any atom is -0.494 e. The highest BCUT2D eigenvalue weighted by Crippen LogP contribution is 2.37. The van der Waals surface area contributed by atoms with Gasteiger partial charge in [0.1, 0.15) is 11.5 Å². The van der Waals surface area contributed by atoms with Gasteiger partial charge < -0.3 is 30.0 Å². The summed E-state index contributed by atoms with van der Waals surface area (Å²) >= 11 is 6.25. The molecule has 0 aliphatic heterocycles. The molecule has 0 saturated carbocycles. The first-order valence-electron chi connectivity index (χ1n) is 10.0. The molecule has 0 spiro atoms. The minimum atomic E-state index is -0.668. The second-order valence-electron chi connectivity index (χ2n) is 6.70. The molecule has 0 saturated heterocycles. The maximum atomic E-state index is 12.9. The number of para-hydroxylation sites is 2. The number of methoxy groups -OCH3 is 1. The van der Waals surface area contributed by atoms with Gasteiger partial charge in [-0.05, 0) is 55.5 Å². The number of benzene rings is 3. The number of amides is 2. The third-order valence-electron chi connectivity index (χ3n) is 4.35. The number of primary amides is 1. The third kappa shape index (κ3) is 6.30. The molecule has 0 bridgehead atoms. The van der Waals surface area contributed by atoms with Crippen LogP contribution in [0, 0.1) is 0 Å². The molecule has 8 nitrogen and oxygen atoms in total. The number of rotatable bonds is 10. The van der Waals surface area contributed by atoms with Crippen molar-refractivity contribution in [2.75, 3.05) is 25.6 Å². The minimum absolute atomic E-state index is 0.0969. The molecule has 3 aromatic carbocycles. The van der Waals surface area contributed by atoms with E-state index < -0.39 is 11.8 Å². The number of anilines is 1. The second-order valence-corrected chi connectivity index (χ2v) is 7.11. The van der Waals surface area contributed by atoms with Crippen LogP contribution in [0.3, 0.4) is 0 Å². The average molecular weight is 471 g/mol. The Bertz CT molecular complexity index is 1130. The molecule has 0 fully saturated rings. The smallest absolute Gasteiger partial charge is 0.255 e. The molecule has 3 N–H and O–H groups in total. The van der Waals surface area contributed by atoms with Crippen LogP contribution in [0.25, 0.3) is 0 Å². The lowest BCUT2D eigenvalue weighted by Crippen LogP contribution is -2.20. The summed E-state index contributed by atoms with van der Waals surface area (Å²) < 4.78 is 21.9. The fraction of sp³-hybridized carbons (Fsp3) is 0.167. The topological polar surface area (TPSA) is 109 Å². The summed E-state index contributed by atoms with van der Waals surface area (Å²) in [7, 11) is 1.39. The number of nitrogens with two attached hydrogens (primary N) is 1. The molecule has 9 heteroatoms. The zero-order valence-electron chi connectivity index (χ0n) is 18.1. The third-order valence-corrected chi connectivity index (χ3v) is 4.63. The van der Waals surface area contributed by atoms with E-state index in [1.54, 1.807) is 48.5 Å². The summed E-state index contributed by atoms with van der Waals surface area (Å²) in [5.74, 6) is 0.968. The van der Waals surface area contributed by atoms with Crippen molar-refractivity contribution in [3.05, 3.63) is 71.2 Å². The molecule has 0 aliphatic rings. The van der Waals surface area contributed by atoms with E-state index in [9.17, 15) is 9.59 Å². The number of ether oxygens (including phenoxy) is 4. The van der Waals surface area contributed by atoms with Gasteiger partial charge in [-0.15, -0.1) is 0 Å². The van der Waals surface area contributed by atoms with E-state index in [4.69, 9.17) is 36.3 Å². The summed E-state index contributed by atoms with van der Waals surface area (Å²) in [6, 6.07) is 17.0. The summed E-state index contributed by atoms with van der Waals surface area (Å²) in [4.78, 5) is 23.9. The Morgan fingerprint density at radius 1 is 0.970 bits per heavy atom. The Balaban J connectivity index is 1.79. The van der Waals surface area contributed by atoms with Crippen molar-refractivity contribution in [2.24, 2.45) is 5.73 Å². The molecule has 2 amide bonds. The van der Waals surface area contributed by atoms with Gasteiger partial charge in [-0.2, -0.15) is 0 Å². The van der Waals surface area contributed by atoms with Crippen LogP contribution in [0.5, 0.6) is 28.7 Å². The van der Waals surface area contributed by atoms with Crippen LogP contribution >= 0.6 is 11.6 Å². The average Bonchev–Trinajstić information content (AvgIpc) is 2.80. The first-order valence-corrected chi connectivity index (χ1v) is 10.4. The lowest BCUT2D eigenvalue weighted by molar-refractivity contribution is -0.119. The molecule has 0 aromatic heterocycles. The predicted molar refractivity (Wildman–Crippen MR) is 125 cm³/mol. The quantitative estimate of drug-likeness (QED) is 0.446. The number of halogens is 1. The van der Waals surface area contributed by atoms with Gasteiger partial charge in [0.05, 0.1) is 24.4 Å². The highest BCUT2D eigenvalue weighted by Gasteiger charge is 2.18. The van der Waals surface area contributed by atoms with Gasteiger partial charge in [-0.25, -0.2) is 0 Å². The van der Waals surface area contributed by atoms with E-state index in [-0.39, 0.29) is 28.7 Å². The SMILES string of the molecule is CCOc1ccc(Oc2ccccc2NC(=O)c2cc(Cl)c(OCC(N)=O)c(OC)c2)cc1. The number of carbonyl (C=O) groups is 2. The first-order chi connectivity index (χ1) is 15.9. The van der Waals surface area contributed by atoms with Crippen LogP contribution in [-0.2, 0) is 4.79 Å². The van der Waals surface area contributed by atoms with Crippen molar-refractivity contribution >= 4 is 29.1 Å². The van der Waals surface area contributed by atoms with E-state index in [1.807, 2.05) is 6.92 Å². The van der Waals surface area contributed by atoms with Gasteiger partial charge in [0.15, 0.2) is 23.9 Å². The molecular weight excluding hydrogens is 448 g/mol. The van der Waals surface area contributed by atoms with Gasteiger partial charge in [0.25, 0.3) is 11.8 Å². The molecule has 172 valence electrons. The molecule has 0 aliphatic carbocycles. The van der Waals surface area contributed by atoms with Crippen molar-refractivity contribution in [1.29, 1.82) is 0 Å². The Morgan fingerprint density at radius 3 is 2.33 bits per heavy atom. The van der Waals surface area contributed by atoms with Gasteiger partial charge in [0, 0.05) is 5.56 Å². The summed E-state index contributed by atoms with van der Waals surface area (Å²) in [5.41, 5.74) is 5.79. The van der Waals surface area contributed by atoms with E-state index in [0.717, 1.165) is 5.75 Å². The predicted octanol–water partition coefficient (Wildman–Crippen LogP) is 4.66. The maximum absolute atomic E-state index is 12.9. The lowest BCUT2D eigenvalue weighted by atomic mass is 10.1. The molecule has 3 aromatic rings. The highest BCUT2D eigenvalue weighted by atomic mass is 35.5. The van der Waals surface area contributed by atoms with Crippen molar-refractivity contribution in [1.82, 2.24) is 0 Å². The maximum Gasteiger partial charge on any atom is 0.255 e. The van der Waals surface area contributed by atoms with Crippen LogP contribution in [0.15, 0.2) is 60.7 Å². The summed E-state index contributed by atoms with van der Waals surface area (Å²) in [6.07, 6.45) is 0. The molecule has 33 heavy (non-hydrogen) atoms. The second kappa shape index (κ2) is 11.1. The molecular formula is C24H23ClN2O6. The number of hydrogen-bond acceptors (Lipinski definition) is 6. The van der Waals surface area contributed by atoms with Crippen molar-refractivity contribution in [3.63, 3.8) is 0 Å². The van der Waals surface area contributed by atoms with Crippen molar-refractivity contribution in [3.8, 4) is 28.7 Å². The zero-order chi connectivity index (χ0) is 23.8. The van der Waals surface area contributed by atoms with Gasteiger partial charge in [0.2, 0.25) is 0 Å². The van der Waals surface area contributed by atoms with E-state index in [1.165, 1.54) is 19.2 Å². The monoisotopic (exact) mass is 470 g/mol. The standard InChI is InChI=1S/C24H23ClN2O6/c1-3-31-16-8-10-17(11-9-16)33-20-7-5-4-6-19(20)27-24(29)15-12-18(25)23(21(13-15)30-2)32-14-22(26)28/h4-13H,3,14H2,1-2H3,(H2,26,28)(H,27,29). The first kappa shape index (κ1) is 23.7. The highest BCUT2D eigenvalue weighted by molar-refractivity contribution is 6.32. The fourth-order valence-corrected chi connectivity index (χ4v) is 3.15. The van der Waals surface area contributed by atoms with Crippen LogP contribution < -0.4 is 30.0 Å². The molecule has 3 rings (SSSR count). The molecule has 0 atom stereocenters. The van der Waals surface area contributed by atoms with Crippen LogP contribution in [0.2, 0.25) is 5.02 Å². The van der Waals surface area contributed by atoms with Gasteiger partial charge >= 0.3 is 0 Å². The van der Waals surface area contributed by atoms with Crippen LogP contribution in [-0.4, -0.2) is 32.1 Å². The largest absolute Gasteiger partial charge is 0.494 e. The van der Waals surface area contributed by atoms with Gasteiger partial charge in [-0.1, -0.05) is 23.7 Å². The number of carbonyl (C=O) groups excluding carboxylic acids is 2. The Labute approximate surface area is 196 Å². The fourth-order valence-electron chi connectivity index (χ4n) is 2.89. The molecule has 0 unspecified atom stereocenters. The Kier molecular flexibility index (Phi) is 7.99. The summed E-state index contributed by atoms with van der Waals surface area (Å²) in [6.45, 7) is 2.10. The van der Waals surface area contributed by atoms with E-state index in [0.29, 0.717) is 23.8 Å². The normalized spacial score (nSPS) is 10.3. The number of nitrogens with one attached hydrogen (secondary N) is 1. The zero-order valence-corrected chi connectivity index (χ0v) is 18.8. The summed E-state index contributed by atoms with van der Waals surface area (Å²) in [5, 5.41) is 2.91. The van der Waals surface area contributed by atoms with Crippen LogP contribution in [0.4, 0.5) is 5.69 Å². The lowest BCUT2D eigenvalue weighted by Gasteiger charge is -2.15. The number of hydrogen-bond donors (Lipinski definition) is 2. The molecule has 0 heterocycles. The molecule has 0 radical (unpaired) electrons. The van der Waals surface area contributed by atoms with Crippen molar-refractivity contribution in [2.45, 2.75) is 6.92 Å². The van der Waals surface area contributed by atoms with Crippen LogP contribution in [0.1, 0.15) is 17.3 Å². The van der Waals surface area contributed by atoms with Gasteiger partial charge in [-0.3, -0.25) is 9.59 Å². The van der Waals surface area contributed by atoms with E-state index in [2.05, 4.69) is 5.32 Å².